The molecular weight excluding hydrogens is 446 g/mol. The van der Waals surface area contributed by atoms with Crippen LogP contribution in [0.25, 0.3) is 0 Å². The molecule has 0 N–H and O–H groups in total. The summed E-state index contributed by atoms with van der Waals surface area (Å²) >= 11 is 0. The second-order valence-electron chi connectivity index (χ2n) is 9.57. The predicted octanol–water partition coefficient (Wildman–Crippen LogP) is 0.125. The molecule has 0 amide bonds. The first-order valence-electron chi connectivity index (χ1n) is 13.6. The second kappa shape index (κ2) is 29.9. The van der Waals surface area contributed by atoms with Crippen molar-refractivity contribution in [3.63, 3.8) is 0 Å². The van der Waals surface area contributed by atoms with Gasteiger partial charge in [-0.05, 0) is 50.4 Å². The smallest absolute Gasteiger partial charge is 0.550 e. The molecule has 2 unspecified atom stereocenters. The van der Waals surface area contributed by atoms with Crippen molar-refractivity contribution in [2.75, 3.05) is 0 Å². The maximum absolute atomic E-state index is 11.4. The van der Waals surface area contributed by atoms with E-state index in [1.807, 2.05) is 6.08 Å². The molecule has 0 heterocycles. The van der Waals surface area contributed by atoms with Gasteiger partial charge in [0.15, 0.2) is 0 Å². The molecule has 0 aliphatic carbocycles. The van der Waals surface area contributed by atoms with Crippen LogP contribution in [-0.2, 0) is 9.59 Å². The molecule has 0 aromatic rings. The van der Waals surface area contributed by atoms with Crippen LogP contribution in [0.4, 0.5) is 0 Å². The van der Waals surface area contributed by atoms with Crippen molar-refractivity contribution in [2.24, 2.45) is 11.8 Å². The number of hydrogen-bond donors (Lipinski definition) is 0. The van der Waals surface area contributed by atoms with Crippen molar-refractivity contribution in [3.05, 3.63) is 12.7 Å². The van der Waals surface area contributed by atoms with Gasteiger partial charge in [0.05, 0.1) is 0 Å². The first kappa shape index (κ1) is 39.2. The van der Waals surface area contributed by atoms with E-state index in [1.54, 1.807) is 0 Å². The summed E-state index contributed by atoms with van der Waals surface area (Å²) in [5, 5.41) is 22.9. The molecule has 188 valence electrons. The molecule has 0 fully saturated rings. The molecule has 6 heteroatoms. The van der Waals surface area contributed by atoms with Crippen LogP contribution in [0.5, 0.6) is 0 Å². The van der Waals surface area contributed by atoms with Gasteiger partial charge in [-0.25, -0.2) is 0 Å². The van der Waals surface area contributed by atoms with Gasteiger partial charge in [0, 0.05) is 11.9 Å². The number of hydrogen-bond acceptors (Lipinski definition) is 4. The van der Waals surface area contributed by atoms with Gasteiger partial charge in [-0.3, -0.25) is 0 Å². The molecule has 0 aliphatic rings. The molecule has 2 atom stereocenters. The Labute approximate surface area is 255 Å². The zero-order chi connectivity index (χ0) is 23.9. The Morgan fingerprint density at radius 3 is 1.21 bits per heavy atom. The Balaban J connectivity index is -0.00000480. The fourth-order valence-electron chi connectivity index (χ4n) is 4.45. The number of carbonyl (C=O) groups is 2. The predicted molar refractivity (Wildman–Crippen MR) is 130 cm³/mol. The summed E-state index contributed by atoms with van der Waals surface area (Å²) in [5.74, 6) is -2.69. The number of unbranched alkanes of at least 4 members (excludes halogenated alkanes) is 14. The van der Waals surface area contributed by atoms with Crippen LogP contribution in [0.3, 0.4) is 0 Å². The summed E-state index contributed by atoms with van der Waals surface area (Å²) in [7, 11) is 0. The molecule has 0 saturated carbocycles. The first-order valence-corrected chi connectivity index (χ1v) is 13.6. The van der Waals surface area contributed by atoms with E-state index in [4.69, 9.17) is 0 Å². The summed E-state index contributed by atoms with van der Waals surface area (Å²) in [5.41, 5.74) is 0. The van der Waals surface area contributed by atoms with Crippen molar-refractivity contribution in [1.82, 2.24) is 0 Å². The molecule has 0 spiro atoms. The van der Waals surface area contributed by atoms with Gasteiger partial charge in [0.1, 0.15) is 0 Å². The van der Waals surface area contributed by atoms with Crippen LogP contribution in [0.1, 0.15) is 142 Å². The van der Waals surface area contributed by atoms with Crippen molar-refractivity contribution >= 4 is 11.9 Å². The maximum Gasteiger partial charge on any atom is 1.00 e. The quantitative estimate of drug-likeness (QED) is 0.102. The maximum atomic E-state index is 11.4. The number of allylic oxidation sites excluding steroid dienone is 1. The van der Waals surface area contributed by atoms with Crippen LogP contribution in [0, 0.1) is 11.8 Å². The van der Waals surface area contributed by atoms with E-state index >= 15 is 0 Å². The SMILES string of the molecule is C=CCCCCCCCCC(CCCCC(CCCCCCCCCC)C(=O)[O-])C(=O)[O-].[Na+].[Na+]. The van der Waals surface area contributed by atoms with E-state index in [-0.39, 0.29) is 59.1 Å². The Bertz CT molecular complexity index is 471. The fourth-order valence-corrected chi connectivity index (χ4v) is 4.45. The molecule has 0 aliphatic heterocycles. The van der Waals surface area contributed by atoms with Gasteiger partial charge >= 0.3 is 59.1 Å². The van der Waals surface area contributed by atoms with Crippen LogP contribution in [-0.4, -0.2) is 11.9 Å². The Morgan fingerprint density at radius 1 is 0.588 bits per heavy atom. The summed E-state index contributed by atoms with van der Waals surface area (Å²) < 4.78 is 0. The van der Waals surface area contributed by atoms with E-state index in [0.29, 0.717) is 25.7 Å². The van der Waals surface area contributed by atoms with Gasteiger partial charge in [-0.2, -0.15) is 0 Å². The van der Waals surface area contributed by atoms with E-state index in [1.165, 1.54) is 57.8 Å². The summed E-state index contributed by atoms with van der Waals surface area (Å²) in [6, 6.07) is 0. The van der Waals surface area contributed by atoms with Crippen LogP contribution in [0.2, 0.25) is 0 Å². The Hall–Kier alpha value is 0.680. The number of rotatable bonds is 25. The van der Waals surface area contributed by atoms with Gasteiger partial charge < -0.3 is 19.8 Å². The van der Waals surface area contributed by atoms with Gasteiger partial charge in [-0.1, -0.05) is 109 Å². The van der Waals surface area contributed by atoms with E-state index in [0.717, 1.165) is 51.4 Å². The molecule has 4 nitrogen and oxygen atoms in total. The van der Waals surface area contributed by atoms with Crippen LogP contribution in [0.15, 0.2) is 12.7 Å². The van der Waals surface area contributed by atoms with Crippen molar-refractivity contribution in [3.8, 4) is 0 Å². The second-order valence-corrected chi connectivity index (χ2v) is 9.57. The van der Waals surface area contributed by atoms with Crippen molar-refractivity contribution in [1.29, 1.82) is 0 Å². The van der Waals surface area contributed by atoms with Crippen LogP contribution >= 0.6 is 0 Å². The third-order valence-corrected chi connectivity index (χ3v) is 6.64. The number of aliphatic carboxylic acids is 2. The molecule has 0 bridgehead atoms. The topological polar surface area (TPSA) is 80.3 Å². The molecular formula is C28H50Na2O4. The minimum absolute atomic E-state index is 0. The number of carboxylic acids is 2. The van der Waals surface area contributed by atoms with Crippen molar-refractivity contribution in [2.45, 2.75) is 142 Å². The summed E-state index contributed by atoms with van der Waals surface area (Å²) in [4.78, 5) is 22.9. The average Bonchev–Trinajstić information content (AvgIpc) is 2.76. The summed E-state index contributed by atoms with van der Waals surface area (Å²) in [6.45, 7) is 5.94. The van der Waals surface area contributed by atoms with E-state index in [9.17, 15) is 19.8 Å². The number of carbonyl (C=O) groups excluding carboxylic acids is 2. The molecule has 0 aromatic carbocycles. The fraction of sp³-hybridized carbons (Fsp3) is 0.857. The van der Waals surface area contributed by atoms with E-state index in [2.05, 4.69) is 13.5 Å². The average molecular weight is 497 g/mol. The van der Waals surface area contributed by atoms with E-state index < -0.39 is 23.8 Å². The molecule has 0 aromatic heterocycles. The van der Waals surface area contributed by atoms with Crippen molar-refractivity contribution < 1.29 is 78.9 Å². The monoisotopic (exact) mass is 496 g/mol. The molecule has 0 saturated heterocycles. The Kier molecular flexibility index (Phi) is 34.5. The molecule has 34 heavy (non-hydrogen) atoms. The van der Waals surface area contributed by atoms with Gasteiger partial charge in [-0.15, -0.1) is 6.58 Å². The normalized spacial score (nSPS) is 12.3. The van der Waals surface area contributed by atoms with Crippen LogP contribution < -0.4 is 69.3 Å². The molecule has 0 rings (SSSR count). The van der Waals surface area contributed by atoms with Gasteiger partial charge in [0.25, 0.3) is 0 Å². The largest absolute Gasteiger partial charge is 1.00 e. The Morgan fingerprint density at radius 2 is 0.882 bits per heavy atom. The standard InChI is InChI=1S/C28H52O4.2Na/c1-3-5-7-9-11-13-15-17-21-25(27(29)30)23-19-20-24-26(28(31)32)22-18-16-14-12-10-8-6-4-2;;/h3,25-26H,1,4-24H2,2H3,(H,29,30)(H,31,32);;/q;2*+1/p-2. The zero-order valence-electron chi connectivity index (χ0n) is 22.9. The molecule has 0 radical (unpaired) electrons. The third-order valence-electron chi connectivity index (χ3n) is 6.64. The third kappa shape index (κ3) is 25.8. The number of carboxylic acid groups (broad SMARTS) is 2. The zero-order valence-corrected chi connectivity index (χ0v) is 26.9. The minimum atomic E-state index is -0.952. The first-order chi connectivity index (χ1) is 15.5. The summed E-state index contributed by atoms with van der Waals surface area (Å²) in [6.07, 6.45) is 23.5. The van der Waals surface area contributed by atoms with Gasteiger partial charge in [0.2, 0.25) is 0 Å². The minimum Gasteiger partial charge on any atom is -0.550 e.